The Morgan fingerprint density at radius 1 is 0.952 bits per heavy atom. The van der Waals surface area contributed by atoms with Gasteiger partial charge in [0.15, 0.2) is 0 Å². The highest BCUT2D eigenvalue weighted by molar-refractivity contribution is 5.36. The van der Waals surface area contributed by atoms with Crippen LogP contribution in [-0.2, 0) is 5.41 Å². The molecule has 0 aliphatic carbocycles. The molecule has 2 aromatic rings. The van der Waals surface area contributed by atoms with Crippen LogP contribution < -0.4 is 5.32 Å². The number of aryl methyl sites for hydroxylation is 2. The molecule has 112 valence electrons. The smallest absolute Gasteiger partial charge is 0.0412 e. The predicted molar refractivity (Wildman–Crippen MR) is 91.8 cm³/mol. The van der Waals surface area contributed by atoms with E-state index in [9.17, 15) is 0 Å². The van der Waals surface area contributed by atoms with Crippen LogP contribution in [0.1, 0.15) is 49.1 Å². The molecule has 1 heteroatoms. The number of hydrogen-bond donors (Lipinski definition) is 1. The van der Waals surface area contributed by atoms with Crippen molar-refractivity contribution in [2.45, 2.75) is 46.1 Å². The first-order valence-electron chi connectivity index (χ1n) is 7.83. The number of benzene rings is 2. The first-order valence-corrected chi connectivity index (χ1v) is 7.83. The van der Waals surface area contributed by atoms with Crippen LogP contribution in [-0.4, -0.2) is 6.54 Å². The summed E-state index contributed by atoms with van der Waals surface area (Å²) in [6.07, 6.45) is 0. The van der Waals surface area contributed by atoms with Gasteiger partial charge in [-0.05, 0) is 42.6 Å². The van der Waals surface area contributed by atoms with Crippen molar-refractivity contribution in [3.8, 4) is 0 Å². The minimum Gasteiger partial charge on any atom is -0.309 e. The topological polar surface area (TPSA) is 12.0 Å². The molecule has 0 saturated carbocycles. The Morgan fingerprint density at radius 3 is 2.19 bits per heavy atom. The van der Waals surface area contributed by atoms with Gasteiger partial charge in [-0.3, -0.25) is 0 Å². The van der Waals surface area contributed by atoms with Gasteiger partial charge in [0.25, 0.3) is 0 Å². The average molecular weight is 281 g/mol. The fourth-order valence-corrected chi connectivity index (χ4v) is 2.97. The van der Waals surface area contributed by atoms with E-state index >= 15 is 0 Å². The third-order valence-electron chi connectivity index (χ3n) is 4.51. The third-order valence-corrected chi connectivity index (χ3v) is 4.51. The second-order valence-corrected chi connectivity index (χ2v) is 6.42. The summed E-state index contributed by atoms with van der Waals surface area (Å²) in [6.45, 7) is 12.2. The second-order valence-electron chi connectivity index (χ2n) is 6.42. The molecule has 0 aliphatic heterocycles. The summed E-state index contributed by atoms with van der Waals surface area (Å²) in [5, 5.41) is 3.68. The highest BCUT2D eigenvalue weighted by atomic mass is 14.9. The lowest BCUT2D eigenvalue weighted by Crippen LogP contribution is -2.37. The van der Waals surface area contributed by atoms with Gasteiger partial charge in [-0.25, -0.2) is 0 Å². The molecule has 21 heavy (non-hydrogen) atoms. The van der Waals surface area contributed by atoms with Crippen molar-refractivity contribution in [1.82, 2.24) is 5.32 Å². The van der Waals surface area contributed by atoms with E-state index in [1.54, 1.807) is 0 Å². The summed E-state index contributed by atoms with van der Waals surface area (Å²) < 4.78 is 0. The molecule has 2 aromatic carbocycles. The highest BCUT2D eigenvalue weighted by Gasteiger charge is 2.31. The Labute approximate surface area is 129 Å². The number of hydrogen-bond acceptors (Lipinski definition) is 1. The minimum atomic E-state index is 0.0406. The van der Waals surface area contributed by atoms with Crippen LogP contribution >= 0.6 is 0 Å². The van der Waals surface area contributed by atoms with Crippen molar-refractivity contribution in [3.63, 3.8) is 0 Å². The Bertz CT molecular complexity index is 584. The molecule has 0 amide bonds. The summed E-state index contributed by atoms with van der Waals surface area (Å²) >= 11 is 0. The molecule has 1 N–H and O–H groups in total. The Hall–Kier alpha value is -1.60. The Morgan fingerprint density at radius 2 is 1.62 bits per heavy atom. The first kappa shape index (κ1) is 15.8. The largest absolute Gasteiger partial charge is 0.309 e. The van der Waals surface area contributed by atoms with Gasteiger partial charge >= 0.3 is 0 Å². The molecule has 0 saturated heterocycles. The molecule has 0 heterocycles. The van der Waals surface area contributed by atoms with Gasteiger partial charge in [0.1, 0.15) is 0 Å². The van der Waals surface area contributed by atoms with Gasteiger partial charge < -0.3 is 5.32 Å². The van der Waals surface area contributed by atoms with E-state index in [-0.39, 0.29) is 5.41 Å². The van der Waals surface area contributed by atoms with Gasteiger partial charge in [-0.2, -0.15) is 0 Å². The van der Waals surface area contributed by atoms with Gasteiger partial charge in [0.2, 0.25) is 0 Å². The zero-order valence-corrected chi connectivity index (χ0v) is 13.9. The first-order chi connectivity index (χ1) is 9.96. The average Bonchev–Trinajstić information content (AvgIpc) is 2.48. The monoisotopic (exact) mass is 281 g/mol. The van der Waals surface area contributed by atoms with Crippen molar-refractivity contribution in [1.29, 1.82) is 0 Å². The maximum atomic E-state index is 3.68. The number of rotatable bonds is 5. The van der Waals surface area contributed by atoms with Crippen molar-refractivity contribution in [2.24, 2.45) is 0 Å². The summed E-state index contributed by atoms with van der Waals surface area (Å²) in [5.74, 6) is 0. The molecule has 1 unspecified atom stereocenters. The van der Waals surface area contributed by atoms with Crippen LogP contribution in [0.15, 0.2) is 48.5 Å². The van der Waals surface area contributed by atoms with Gasteiger partial charge in [0.05, 0.1) is 0 Å². The van der Waals surface area contributed by atoms with Gasteiger partial charge in [-0.15, -0.1) is 0 Å². The summed E-state index contributed by atoms with van der Waals surface area (Å²) in [4.78, 5) is 0. The Kier molecular flexibility index (Phi) is 4.84. The minimum absolute atomic E-state index is 0.0406. The van der Waals surface area contributed by atoms with Gasteiger partial charge in [-0.1, -0.05) is 69.3 Å². The number of likely N-dealkylation sites (N-methyl/N-ethyl adjacent to an activating group) is 1. The van der Waals surface area contributed by atoms with Crippen LogP contribution in [0.5, 0.6) is 0 Å². The zero-order valence-electron chi connectivity index (χ0n) is 13.9. The van der Waals surface area contributed by atoms with Gasteiger partial charge in [0, 0.05) is 11.5 Å². The summed E-state index contributed by atoms with van der Waals surface area (Å²) in [6, 6.07) is 17.9. The fourth-order valence-electron chi connectivity index (χ4n) is 2.97. The fraction of sp³-hybridized carbons (Fsp3) is 0.400. The molecule has 0 fully saturated rings. The SMILES string of the molecule is CCNC(c1ccc(C)c(C)c1)C(C)(C)c1ccccc1. The zero-order chi connectivity index (χ0) is 15.5. The van der Waals surface area contributed by atoms with E-state index in [1.807, 2.05) is 0 Å². The van der Waals surface area contributed by atoms with E-state index in [2.05, 4.69) is 88.5 Å². The summed E-state index contributed by atoms with van der Waals surface area (Å²) in [5.41, 5.74) is 5.49. The molecule has 0 aromatic heterocycles. The normalized spacial score (nSPS) is 13.2. The van der Waals surface area contributed by atoms with Crippen LogP contribution in [0.25, 0.3) is 0 Å². The van der Waals surface area contributed by atoms with Crippen LogP contribution in [0.3, 0.4) is 0 Å². The molecule has 0 bridgehead atoms. The molecule has 0 spiro atoms. The maximum Gasteiger partial charge on any atom is 0.0412 e. The number of nitrogens with one attached hydrogen (secondary N) is 1. The van der Waals surface area contributed by atoms with E-state index in [1.165, 1.54) is 22.3 Å². The maximum absolute atomic E-state index is 3.68. The third kappa shape index (κ3) is 3.36. The summed E-state index contributed by atoms with van der Waals surface area (Å²) in [7, 11) is 0. The van der Waals surface area contributed by atoms with E-state index in [0.29, 0.717) is 6.04 Å². The lowest BCUT2D eigenvalue weighted by molar-refractivity contribution is 0.354. The van der Waals surface area contributed by atoms with Crippen molar-refractivity contribution < 1.29 is 0 Å². The lowest BCUT2D eigenvalue weighted by Gasteiger charge is -2.36. The van der Waals surface area contributed by atoms with E-state index in [0.717, 1.165) is 6.54 Å². The quantitative estimate of drug-likeness (QED) is 0.819. The van der Waals surface area contributed by atoms with E-state index in [4.69, 9.17) is 0 Å². The molecule has 0 radical (unpaired) electrons. The van der Waals surface area contributed by atoms with Crippen molar-refractivity contribution in [3.05, 3.63) is 70.8 Å². The molecule has 1 atom stereocenters. The molecule has 2 rings (SSSR count). The van der Waals surface area contributed by atoms with Crippen molar-refractivity contribution in [2.75, 3.05) is 6.54 Å². The molecule has 0 aliphatic rings. The van der Waals surface area contributed by atoms with Crippen molar-refractivity contribution >= 4 is 0 Å². The molecule has 1 nitrogen and oxygen atoms in total. The second kappa shape index (κ2) is 6.44. The highest BCUT2D eigenvalue weighted by Crippen LogP contribution is 2.37. The molecular weight excluding hydrogens is 254 g/mol. The van der Waals surface area contributed by atoms with E-state index < -0.39 is 0 Å². The van der Waals surface area contributed by atoms with Crippen LogP contribution in [0.2, 0.25) is 0 Å². The lowest BCUT2D eigenvalue weighted by atomic mass is 9.74. The molecular formula is C20H27N. The van der Waals surface area contributed by atoms with Crippen LogP contribution in [0, 0.1) is 13.8 Å². The van der Waals surface area contributed by atoms with Crippen LogP contribution in [0.4, 0.5) is 0 Å². The standard InChI is InChI=1S/C20H27N/c1-6-21-19(17-13-12-15(2)16(3)14-17)20(4,5)18-10-8-7-9-11-18/h7-14,19,21H,6H2,1-5H3. The Balaban J connectivity index is 2.44. The predicted octanol–water partition coefficient (Wildman–Crippen LogP) is 4.93.